The van der Waals surface area contributed by atoms with Gasteiger partial charge in [-0.25, -0.2) is 9.59 Å². The lowest BCUT2D eigenvalue weighted by atomic mass is 9.83. The molecule has 0 saturated heterocycles. The van der Waals surface area contributed by atoms with Crippen LogP contribution < -0.4 is 0 Å². The van der Waals surface area contributed by atoms with E-state index in [-0.39, 0.29) is 5.41 Å². The molecule has 0 amide bonds. The molecule has 0 aromatic heterocycles. The number of benzene rings is 1. The zero-order chi connectivity index (χ0) is 14.9. The van der Waals surface area contributed by atoms with Crippen molar-refractivity contribution in [1.29, 1.82) is 0 Å². The molecule has 0 fully saturated rings. The molecule has 4 heteroatoms. The average molecular weight is 274 g/mol. The van der Waals surface area contributed by atoms with Crippen LogP contribution in [-0.2, 0) is 19.1 Å². The summed E-state index contributed by atoms with van der Waals surface area (Å²) in [5.74, 6) is -0.994. The molecule has 106 valence electrons. The summed E-state index contributed by atoms with van der Waals surface area (Å²) in [6, 6.07) is 9.04. The maximum absolute atomic E-state index is 12.2. The molecule has 0 bridgehead atoms. The maximum Gasteiger partial charge on any atom is 0.340 e. The molecule has 0 unspecified atom stereocenters. The van der Waals surface area contributed by atoms with Crippen LogP contribution in [0, 0.1) is 5.41 Å². The Morgan fingerprint density at radius 2 is 1.80 bits per heavy atom. The van der Waals surface area contributed by atoms with Gasteiger partial charge in [-0.05, 0) is 5.56 Å². The Labute approximate surface area is 118 Å². The van der Waals surface area contributed by atoms with Crippen LogP contribution in [0.1, 0.15) is 26.3 Å². The molecule has 1 aliphatic heterocycles. The average Bonchev–Trinajstić information content (AvgIpc) is 2.76. The smallest absolute Gasteiger partial charge is 0.340 e. The van der Waals surface area contributed by atoms with E-state index < -0.39 is 18.0 Å². The van der Waals surface area contributed by atoms with Crippen molar-refractivity contribution >= 4 is 17.5 Å². The predicted molar refractivity (Wildman–Crippen MR) is 74.7 cm³/mol. The van der Waals surface area contributed by atoms with Crippen LogP contribution in [-0.4, -0.2) is 25.2 Å². The van der Waals surface area contributed by atoms with Gasteiger partial charge in [0.25, 0.3) is 0 Å². The summed E-state index contributed by atoms with van der Waals surface area (Å²) in [4.78, 5) is 24.3. The molecule has 0 aliphatic carbocycles. The first kappa shape index (κ1) is 14.3. The van der Waals surface area contributed by atoms with Gasteiger partial charge in [-0.2, -0.15) is 0 Å². The van der Waals surface area contributed by atoms with Gasteiger partial charge in [0, 0.05) is 5.41 Å². The Balaban J connectivity index is 2.62. The molecular formula is C16H18O4. The van der Waals surface area contributed by atoms with Gasteiger partial charge < -0.3 is 9.47 Å². The van der Waals surface area contributed by atoms with E-state index in [1.807, 2.05) is 39.0 Å². The molecule has 1 aliphatic rings. The van der Waals surface area contributed by atoms with E-state index in [4.69, 9.17) is 9.47 Å². The van der Waals surface area contributed by atoms with Crippen molar-refractivity contribution in [3.05, 3.63) is 41.5 Å². The van der Waals surface area contributed by atoms with Crippen molar-refractivity contribution in [3.63, 3.8) is 0 Å². The highest BCUT2D eigenvalue weighted by atomic mass is 16.6. The fraction of sp³-hybridized carbons (Fsp3) is 0.375. The van der Waals surface area contributed by atoms with E-state index in [9.17, 15) is 9.59 Å². The van der Waals surface area contributed by atoms with Crippen molar-refractivity contribution < 1.29 is 19.1 Å². The van der Waals surface area contributed by atoms with Crippen molar-refractivity contribution in [1.82, 2.24) is 0 Å². The summed E-state index contributed by atoms with van der Waals surface area (Å²) in [7, 11) is 1.31. The van der Waals surface area contributed by atoms with E-state index >= 15 is 0 Å². The van der Waals surface area contributed by atoms with E-state index in [0.717, 1.165) is 0 Å². The monoisotopic (exact) mass is 274 g/mol. The minimum atomic E-state index is -0.599. The van der Waals surface area contributed by atoms with E-state index in [1.165, 1.54) is 7.11 Å². The van der Waals surface area contributed by atoms with Crippen LogP contribution in [0.3, 0.4) is 0 Å². The standard InChI is InChI=1S/C16H18O4/c1-16(2,3)13-12(14(17)19-4)11(15(18)20-13)10-8-6-5-7-9-10/h5-9,13H,1-4H3/t13-/m0/s1. The van der Waals surface area contributed by atoms with Crippen LogP contribution in [0.15, 0.2) is 35.9 Å². The van der Waals surface area contributed by atoms with Crippen LogP contribution in [0.4, 0.5) is 0 Å². The zero-order valence-corrected chi connectivity index (χ0v) is 12.1. The third-order valence-corrected chi connectivity index (χ3v) is 3.21. The first-order chi connectivity index (χ1) is 9.36. The summed E-state index contributed by atoms with van der Waals surface area (Å²) in [6.07, 6.45) is -0.599. The Morgan fingerprint density at radius 1 is 1.20 bits per heavy atom. The maximum atomic E-state index is 12.2. The Morgan fingerprint density at radius 3 is 2.30 bits per heavy atom. The van der Waals surface area contributed by atoms with Crippen LogP contribution in [0.25, 0.3) is 5.57 Å². The summed E-state index contributed by atoms with van der Waals surface area (Å²) < 4.78 is 10.2. The number of esters is 2. The third-order valence-electron chi connectivity index (χ3n) is 3.21. The molecular weight excluding hydrogens is 256 g/mol. The van der Waals surface area contributed by atoms with Gasteiger partial charge in [0.1, 0.15) is 6.10 Å². The van der Waals surface area contributed by atoms with E-state index in [2.05, 4.69) is 0 Å². The number of rotatable bonds is 2. The van der Waals surface area contributed by atoms with Crippen molar-refractivity contribution in [2.45, 2.75) is 26.9 Å². The van der Waals surface area contributed by atoms with Crippen LogP contribution in [0.2, 0.25) is 0 Å². The lowest BCUT2D eigenvalue weighted by molar-refractivity contribution is -0.144. The van der Waals surface area contributed by atoms with Gasteiger partial charge in [0.05, 0.1) is 18.3 Å². The molecule has 4 nitrogen and oxygen atoms in total. The Bertz CT molecular complexity index is 564. The molecule has 1 heterocycles. The van der Waals surface area contributed by atoms with Gasteiger partial charge in [-0.3, -0.25) is 0 Å². The molecule has 0 N–H and O–H groups in total. The Kier molecular flexibility index (Phi) is 3.66. The molecule has 2 rings (SSSR count). The van der Waals surface area contributed by atoms with E-state index in [0.29, 0.717) is 16.7 Å². The molecule has 20 heavy (non-hydrogen) atoms. The lowest BCUT2D eigenvalue weighted by Gasteiger charge is -2.26. The Hall–Kier alpha value is -2.10. The highest BCUT2D eigenvalue weighted by Crippen LogP contribution is 2.39. The normalized spacial score (nSPS) is 19.0. The number of hydrogen-bond acceptors (Lipinski definition) is 4. The quantitative estimate of drug-likeness (QED) is 0.778. The molecule has 1 atom stereocenters. The second kappa shape index (κ2) is 5.12. The minimum Gasteiger partial charge on any atom is -0.466 e. The molecule has 1 aromatic carbocycles. The fourth-order valence-electron chi connectivity index (χ4n) is 2.27. The first-order valence-corrected chi connectivity index (χ1v) is 6.45. The minimum absolute atomic E-state index is 0.302. The van der Waals surface area contributed by atoms with Crippen molar-refractivity contribution in [3.8, 4) is 0 Å². The number of cyclic esters (lactones) is 1. The van der Waals surface area contributed by atoms with Gasteiger partial charge in [0.15, 0.2) is 0 Å². The van der Waals surface area contributed by atoms with E-state index in [1.54, 1.807) is 12.1 Å². The predicted octanol–water partition coefficient (Wildman–Crippen LogP) is 2.58. The number of methoxy groups -OCH3 is 1. The number of carbonyl (C=O) groups is 2. The molecule has 0 spiro atoms. The van der Waals surface area contributed by atoms with Crippen molar-refractivity contribution in [2.24, 2.45) is 5.41 Å². The SMILES string of the molecule is COC(=O)C1=C(c2ccccc2)C(=O)O[C@@H]1C(C)(C)C. The zero-order valence-electron chi connectivity index (χ0n) is 12.1. The summed E-state index contributed by atoms with van der Waals surface area (Å²) >= 11 is 0. The molecule has 0 saturated carbocycles. The first-order valence-electron chi connectivity index (χ1n) is 6.45. The van der Waals surface area contributed by atoms with Crippen molar-refractivity contribution in [2.75, 3.05) is 7.11 Å². The van der Waals surface area contributed by atoms with Gasteiger partial charge >= 0.3 is 11.9 Å². The van der Waals surface area contributed by atoms with Gasteiger partial charge in [0.2, 0.25) is 0 Å². The van der Waals surface area contributed by atoms with Crippen LogP contribution in [0.5, 0.6) is 0 Å². The number of hydrogen-bond donors (Lipinski definition) is 0. The highest BCUT2D eigenvalue weighted by molar-refractivity contribution is 6.25. The summed E-state index contributed by atoms with van der Waals surface area (Å²) in [5, 5.41) is 0. The topological polar surface area (TPSA) is 52.6 Å². The number of ether oxygens (including phenoxy) is 2. The van der Waals surface area contributed by atoms with Crippen LogP contribution >= 0.6 is 0 Å². The van der Waals surface area contributed by atoms with Gasteiger partial charge in [-0.1, -0.05) is 51.1 Å². The lowest BCUT2D eigenvalue weighted by Crippen LogP contribution is -2.31. The second-order valence-corrected chi connectivity index (χ2v) is 5.80. The highest BCUT2D eigenvalue weighted by Gasteiger charge is 2.45. The molecule has 1 aromatic rings. The summed E-state index contributed by atoms with van der Waals surface area (Å²) in [6.45, 7) is 5.76. The molecule has 0 radical (unpaired) electrons. The summed E-state index contributed by atoms with van der Waals surface area (Å²) in [5.41, 5.74) is 0.897. The van der Waals surface area contributed by atoms with Gasteiger partial charge in [-0.15, -0.1) is 0 Å². The second-order valence-electron chi connectivity index (χ2n) is 5.80. The number of carbonyl (C=O) groups excluding carboxylic acids is 2. The fourth-order valence-corrected chi connectivity index (χ4v) is 2.27. The third kappa shape index (κ3) is 2.46. The largest absolute Gasteiger partial charge is 0.466 e.